The summed E-state index contributed by atoms with van der Waals surface area (Å²) in [6.45, 7) is 6.28. The molecule has 1 rings (SSSR count). The van der Waals surface area contributed by atoms with Crippen LogP contribution in [0, 0.1) is 0 Å². The van der Waals surface area contributed by atoms with Crippen LogP contribution in [0.5, 0.6) is 0 Å². The lowest BCUT2D eigenvalue weighted by atomic mass is 10.0. The quantitative estimate of drug-likeness (QED) is 0.804. The van der Waals surface area contributed by atoms with Crippen molar-refractivity contribution in [1.82, 2.24) is 5.32 Å². The molecule has 2 N–H and O–H groups in total. The van der Waals surface area contributed by atoms with Gasteiger partial charge in [-0.15, -0.1) is 0 Å². The van der Waals surface area contributed by atoms with Gasteiger partial charge in [-0.25, -0.2) is 0 Å². The minimum absolute atomic E-state index is 0.0353. The molecule has 1 aromatic rings. The lowest BCUT2D eigenvalue weighted by molar-refractivity contribution is 0.448. The van der Waals surface area contributed by atoms with E-state index in [1.54, 1.807) is 18.2 Å². The van der Waals surface area contributed by atoms with Crippen molar-refractivity contribution in [3.63, 3.8) is 0 Å². The third-order valence-electron chi connectivity index (χ3n) is 2.46. The maximum Gasteiger partial charge on any atom is 0.171 e. The zero-order chi connectivity index (χ0) is 13.1. The SMILES string of the molecule is CCC(C)(C)NC(=S)Nc1cc(Cl)cc(Cl)c1. The normalized spacial score (nSPS) is 11.1. The highest BCUT2D eigenvalue weighted by Crippen LogP contribution is 2.22. The molecule has 0 unspecified atom stereocenters. The smallest absolute Gasteiger partial charge is 0.171 e. The second-order valence-electron chi connectivity index (χ2n) is 4.47. The van der Waals surface area contributed by atoms with E-state index in [0.29, 0.717) is 15.2 Å². The van der Waals surface area contributed by atoms with Crippen LogP contribution in [-0.2, 0) is 0 Å². The predicted molar refractivity (Wildman–Crippen MR) is 80.2 cm³/mol. The van der Waals surface area contributed by atoms with Gasteiger partial charge in [-0.05, 0) is 50.7 Å². The Morgan fingerprint density at radius 2 is 1.76 bits per heavy atom. The van der Waals surface area contributed by atoms with Crippen LogP contribution in [0.25, 0.3) is 0 Å². The third kappa shape index (κ3) is 5.11. The lowest BCUT2D eigenvalue weighted by Gasteiger charge is -2.26. The second-order valence-corrected chi connectivity index (χ2v) is 5.76. The van der Waals surface area contributed by atoms with Crippen molar-refractivity contribution in [3.05, 3.63) is 28.2 Å². The number of hydrogen-bond donors (Lipinski definition) is 2. The molecule has 0 spiro atoms. The molecular formula is C12H16Cl2N2S. The highest BCUT2D eigenvalue weighted by Gasteiger charge is 2.15. The average Bonchev–Trinajstić information content (AvgIpc) is 2.14. The Kier molecular flexibility index (Phi) is 5.04. The first-order chi connectivity index (χ1) is 7.82. The zero-order valence-electron chi connectivity index (χ0n) is 10.1. The molecule has 17 heavy (non-hydrogen) atoms. The molecule has 0 saturated heterocycles. The standard InChI is InChI=1S/C12H16Cl2N2S/c1-4-12(2,3)16-11(17)15-10-6-8(13)5-9(14)7-10/h5-7H,4H2,1-3H3,(H2,15,16,17). The Morgan fingerprint density at radius 1 is 1.24 bits per heavy atom. The Hall–Kier alpha value is -0.510. The number of hydrogen-bond acceptors (Lipinski definition) is 1. The molecule has 0 fully saturated rings. The van der Waals surface area contributed by atoms with Crippen molar-refractivity contribution in [2.45, 2.75) is 32.7 Å². The molecule has 0 saturated carbocycles. The first-order valence-electron chi connectivity index (χ1n) is 5.37. The summed E-state index contributed by atoms with van der Waals surface area (Å²) in [7, 11) is 0. The molecule has 94 valence electrons. The van der Waals surface area contributed by atoms with E-state index in [9.17, 15) is 0 Å². The van der Waals surface area contributed by atoms with E-state index in [4.69, 9.17) is 35.4 Å². The van der Waals surface area contributed by atoms with Crippen LogP contribution in [0.1, 0.15) is 27.2 Å². The van der Waals surface area contributed by atoms with Crippen molar-refractivity contribution in [2.24, 2.45) is 0 Å². The lowest BCUT2D eigenvalue weighted by Crippen LogP contribution is -2.44. The molecule has 0 aliphatic rings. The van der Waals surface area contributed by atoms with Crippen LogP contribution >= 0.6 is 35.4 Å². The topological polar surface area (TPSA) is 24.1 Å². The summed E-state index contributed by atoms with van der Waals surface area (Å²) >= 11 is 17.0. The van der Waals surface area contributed by atoms with Gasteiger partial charge in [-0.2, -0.15) is 0 Å². The second kappa shape index (κ2) is 5.89. The first-order valence-corrected chi connectivity index (χ1v) is 6.54. The first kappa shape index (κ1) is 14.6. The van der Waals surface area contributed by atoms with Crippen LogP contribution < -0.4 is 10.6 Å². The number of thiocarbonyl (C=S) groups is 1. The highest BCUT2D eigenvalue weighted by atomic mass is 35.5. The van der Waals surface area contributed by atoms with Crippen LogP contribution in [0.15, 0.2) is 18.2 Å². The van der Waals surface area contributed by atoms with Gasteiger partial charge in [0.05, 0.1) is 0 Å². The summed E-state index contributed by atoms with van der Waals surface area (Å²) in [6.07, 6.45) is 0.977. The molecule has 2 nitrogen and oxygen atoms in total. The molecule has 0 radical (unpaired) electrons. The van der Waals surface area contributed by atoms with E-state index in [2.05, 4.69) is 31.4 Å². The molecule has 5 heteroatoms. The maximum atomic E-state index is 5.91. The maximum absolute atomic E-state index is 5.91. The van der Waals surface area contributed by atoms with Gasteiger partial charge in [-0.3, -0.25) is 0 Å². The van der Waals surface area contributed by atoms with Crippen molar-refractivity contribution in [1.29, 1.82) is 0 Å². The van der Waals surface area contributed by atoms with E-state index in [1.165, 1.54) is 0 Å². The van der Waals surface area contributed by atoms with Crippen LogP contribution in [0.3, 0.4) is 0 Å². The highest BCUT2D eigenvalue weighted by molar-refractivity contribution is 7.80. The summed E-state index contributed by atoms with van der Waals surface area (Å²) in [5.41, 5.74) is 0.749. The molecule has 0 atom stereocenters. The fraction of sp³-hybridized carbons (Fsp3) is 0.417. The van der Waals surface area contributed by atoms with E-state index in [1.807, 2.05) is 0 Å². The number of benzene rings is 1. The fourth-order valence-corrected chi connectivity index (χ4v) is 2.10. The number of rotatable bonds is 3. The Labute approximate surface area is 118 Å². The van der Waals surface area contributed by atoms with Gasteiger partial charge in [0, 0.05) is 21.3 Å². The minimum atomic E-state index is -0.0353. The zero-order valence-corrected chi connectivity index (χ0v) is 12.4. The Morgan fingerprint density at radius 3 is 2.24 bits per heavy atom. The molecule has 0 aliphatic heterocycles. The average molecular weight is 291 g/mol. The van der Waals surface area contributed by atoms with Crippen molar-refractivity contribution >= 4 is 46.2 Å². The van der Waals surface area contributed by atoms with E-state index < -0.39 is 0 Å². The van der Waals surface area contributed by atoms with Crippen LogP contribution in [-0.4, -0.2) is 10.7 Å². The largest absolute Gasteiger partial charge is 0.358 e. The Balaban J connectivity index is 2.68. The van der Waals surface area contributed by atoms with Gasteiger partial charge >= 0.3 is 0 Å². The summed E-state index contributed by atoms with van der Waals surface area (Å²) < 4.78 is 0. The van der Waals surface area contributed by atoms with Crippen LogP contribution in [0.2, 0.25) is 10.0 Å². The van der Waals surface area contributed by atoms with E-state index in [-0.39, 0.29) is 5.54 Å². The van der Waals surface area contributed by atoms with E-state index in [0.717, 1.165) is 12.1 Å². The molecular weight excluding hydrogens is 275 g/mol. The van der Waals surface area contributed by atoms with E-state index >= 15 is 0 Å². The van der Waals surface area contributed by atoms with Gasteiger partial charge in [0.2, 0.25) is 0 Å². The fourth-order valence-electron chi connectivity index (χ4n) is 1.18. The van der Waals surface area contributed by atoms with Crippen molar-refractivity contribution in [2.75, 3.05) is 5.32 Å². The number of halogens is 2. The summed E-state index contributed by atoms with van der Waals surface area (Å²) in [6, 6.07) is 5.24. The molecule has 0 bridgehead atoms. The van der Waals surface area contributed by atoms with Crippen molar-refractivity contribution < 1.29 is 0 Å². The number of anilines is 1. The van der Waals surface area contributed by atoms with Gasteiger partial charge in [0.25, 0.3) is 0 Å². The van der Waals surface area contributed by atoms with Gasteiger partial charge in [-0.1, -0.05) is 30.1 Å². The summed E-state index contributed by atoms with van der Waals surface area (Å²) in [5.74, 6) is 0. The molecule has 1 aromatic carbocycles. The Bertz CT molecular complexity index is 399. The summed E-state index contributed by atoms with van der Waals surface area (Å²) in [4.78, 5) is 0. The van der Waals surface area contributed by atoms with Gasteiger partial charge in [0.1, 0.15) is 0 Å². The molecule has 0 amide bonds. The van der Waals surface area contributed by atoms with Crippen LogP contribution in [0.4, 0.5) is 5.69 Å². The predicted octanol–water partition coefficient (Wildman–Crippen LogP) is 4.47. The van der Waals surface area contributed by atoms with Gasteiger partial charge < -0.3 is 10.6 Å². The number of nitrogens with one attached hydrogen (secondary N) is 2. The summed E-state index contributed by atoms with van der Waals surface area (Å²) in [5, 5.41) is 8.02. The van der Waals surface area contributed by atoms with Crippen molar-refractivity contribution in [3.8, 4) is 0 Å². The molecule has 0 aromatic heterocycles. The van der Waals surface area contributed by atoms with Gasteiger partial charge in [0.15, 0.2) is 5.11 Å². The minimum Gasteiger partial charge on any atom is -0.358 e. The molecule has 0 aliphatic carbocycles. The molecule has 0 heterocycles. The monoisotopic (exact) mass is 290 g/mol. The third-order valence-corrected chi connectivity index (χ3v) is 3.10.